The molecule has 0 spiro atoms. The van der Waals surface area contributed by atoms with Crippen molar-refractivity contribution >= 4 is 6.09 Å². The molecule has 0 saturated carbocycles. The van der Waals surface area contributed by atoms with Gasteiger partial charge in [0.1, 0.15) is 11.5 Å². The Hall–Kier alpha value is -1.71. The fourth-order valence-electron chi connectivity index (χ4n) is 0.630. The smallest absolute Gasteiger partial charge is 0.409 e. The first-order valence-corrected chi connectivity index (χ1v) is 2.95. The van der Waals surface area contributed by atoms with Gasteiger partial charge in [-0.3, -0.25) is 0 Å². The largest absolute Gasteiger partial charge is 0.508 e. The number of ether oxygens (including phenoxy) is 1. The number of hydrogen-bond donors (Lipinski definition) is 2. The lowest BCUT2D eigenvalue weighted by Gasteiger charge is -1.98. The molecular weight excluding hydrogens is 146 g/mol. The highest BCUT2D eigenvalue weighted by Gasteiger charge is 1.96. The van der Waals surface area contributed by atoms with Gasteiger partial charge in [0.2, 0.25) is 0 Å². The van der Waals surface area contributed by atoms with E-state index in [0.717, 1.165) is 0 Å². The lowest BCUT2D eigenvalue weighted by atomic mass is 10.3. The maximum atomic E-state index is 10.2. The normalized spacial score (nSPS) is 9.09. The zero-order valence-corrected chi connectivity index (χ0v) is 5.65. The summed E-state index contributed by atoms with van der Waals surface area (Å²) in [7, 11) is 0. The van der Waals surface area contributed by atoms with Crippen molar-refractivity contribution in [2.45, 2.75) is 0 Å². The van der Waals surface area contributed by atoms with Crippen LogP contribution in [0.25, 0.3) is 0 Å². The molecule has 1 amide bonds. The van der Waals surface area contributed by atoms with Gasteiger partial charge in [-0.2, -0.15) is 0 Å². The molecule has 0 heterocycles. The molecular formula is C7H7NO3. The molecule has 4 heteroatoms. The lowest BCUT2D eigenvalue weighted by Crippen LogP contribution is -2.15. The second kappa shape index (κ2) is 2.92. The number of amides is 1. The van der Waals surface area contributed by atoms with Gasteiger partial charge >= 0.3 is 6.09 Å². The fraction of sp³-hybridized carbons (Fsp3) is 0. The molecule has 0 radical (unpaired) electrons. The summed E-state index contributed by atoms with van der Waals surface area (Å²) in [6.07, 6.45) is -0.865. The summed E-state index contributed by atoms with van der Waals surface area (Å²) >= 11 is 0. The highest BCUT2D eigenvalue weighted by Crippen LogP contribution is 2.15. The Morgan fingerprint density at radius 1 is 1.36 bits per heavy atom. The summed E-state index contributed by atoms with van der Waals surface area (Å²) < 4.78 is 4.50. The van der Waals surface area contributed by atoms with Crippen LogP contribution < -0.4 is 10.5 Å². The molecule has 3 N–H and O–H groups in total. The maximum Gasteiger partial charge on any atom is 0.409 e. The number of carbonyl (C=O) groups is 1. The van der Waals surface area contributed by atoms with Crippen molar-refractivity contribution in [2.24, 2.45) is 5.73 Å². The van der Waals surface area contributed by atoms with Gasteiger partial charge in [0, 0.05) is 0 Å². The lowest BCUT2D eigenvalue weighted by molar-refractivity contribution is 0.211. The number of aromatic hydroxyl groups is 1. The summed E-state index contributed by atoms with van der Waals surface area (Å²) in [6.45, 7) is 0. The average Bonchev–Trinajstić information content (AvgIpc) is 1.93. The van der Waals surface area contributed by atoms with Gasteiger partial charge in [-0.1, -0.05) is 0 Å². The third kappa shape index (κ3) is 2.17. The van der Waals surface area contributed by atoms with Crippen molar-refractivity contribution in [3.8, 4) is 11.5 Å². The minimum Gasteiger partial charge on any atom is -0.508 e. The van der Waals surface area contributed by atoms with E-state index < -0.39 is 6.09 Å². The zero-order chi connectivity index (χ0) is 8.27. The van der Waals surface area contributed by atoms with Crippen LogP contribution in [-0.2, 0) is 0 Å². The van der Waals surface area contributed by atoms with Gasteiger partial charge in [0.25, 0.3) is 0 Å². The van der Waals surface area contributed by atoms with Crippen molar-refractivity contribution in [2.75, 3.05) is 0 Å². The molecule has 1 aromatic carbocycles. The molecule has 0 aliphatic rings. The quantitative estimate of drug-likeness (QED) is 0.628. The van der Waals surface area contributed by atoms with Crippen LogP contribution >= 0.6 is 0 Å². The van der Waals surface area contributed by atoms with E-state index in [1.165, 1.54) is 24.3 Å². The van der Waals surface area contributed by atoms with Crippen molar-refractivity contribution in [1.82, 2.24) is 0 Å². The maximum absolute atomic E-state index is 10.2. The third-order valence-corrected chi connectivity index (χ3v) is 1.06. The Bertz CT molecular complexity index is 255. The standard InChI is InChI=1S/C7H7NO3/c8-7(10)11-6-3-1-5(9)2-4-6/h1-4,9H,(H2,8,10). The molecule has 0 bridgehead atoms. The van der Waals surface area contributed by atoms with E-state index in [2.05, 4.69) is 4.74 Å². The van der Waals surface area contributed by atoms with E-state index in [4.69, 9.17) is 10.8 Å². The SMILES string of the molecule is NC(=O)Oc1ccc(O)cc1. The summed E-state index contributed by atoms with van der Waals surface area (Å²) in [4.78, 5) is 10.2. The summed E-state index contributed by atoms with van der Waals surface area (Å²) in [5.41, 5.74) is 4.74. The Morgan fingerprint density at radius 3 is 2.36 bits per heavy atom. The Labute approximate surface area is 63.2 Å². The Kier molecular flexibility index (Phi) is 1.96. The van der Waals surface area contributed by atoms with Crippen molar-refractivity contribution in [1.29, 1.82) is 0 Å². The molecule has 58 valence electrons. The number of hydrogen-bond acceptors (Lipinski definition) is 3. The first-order valence-electron chi connectivity index (χ1n) is 2.95. The molecule has 0 unspecified atom stereocenters. The van der Waals surface area contributed by atoms with Crippen LogP contribution in [0.5, 0.6) is 11.5 Å². The highest BCUT2D eigenvalue weighted by molar-refractivity contribution is 5.68. The molecule has 1 rings (SSSR count). The number of rotatable bonds is 1. The molecule has 1 aromatic rings. The van der Waals surface area contributed by atoms with Crippen LogP contribution in [0.3, 0.4) is 0 Å². The number of benzene rings is 1. The van der Waals surface area contributed by atoms with Gasteiger partial charge < -0.3 is 15.6 Å². The van der Waals surface area contributed by atoms with E-state index in [-0.39, 0.29) is 5.75 Å². The molecule has 0 fully saturated rings. The predicted octanol–water partition coefficient (Wildman–Crippen LogP) is 0.850. The number of phenols is 1. The second-order valence-corrected chi connectivity index (χ2v) is 1.91. The monoisotopic (exact) mass is 153 g/mol. The molecule has 4 nitrogen and oxygen atoms in total. The molecule has 0 saturated heterocycles. The van der Waals surface area contributed by atoms with E-state index >= 15 is 0 Å². The highest BCUT2D eigenvalue weighted by atomic mass is 16.5. The number of primary amides is 1. The minimum absolute atomic E-state index is 0.113. The van der Waals surface area contributed by atoms with Gasteiger partial charge in [-0.05, 0) is 24.3 Å². The first kappa shape index (κ1) is 7.40. The van der Waals surface area contributed by atoms with Crippen LogP contribution in [-0.4, -0.2) is 11.2 Å². The summed E-state index contributed by atoms with van der Waals surface area (Å²) in [5.74, 6) is 0.428. The number of carbonyl (C=O) groups excluding carboxylic acids is 1. The van der Waals surface area contributed by atoms with Crippen LogP contribution in [0.1, 0.15) is 0 Å². The minimum atomic E-state index is -0.865. The van der Waals surface area contributed by atoms with E-state index in [0.29, 0.717) is 5.75 Å². The van der Waals surface area contributed by atoms with E-state index in [9.17, 15) is 4.79 Å². The van der Waals surface area contributed by atoms with Gasteiger partial charge in [0.15, 0.2) is 0 Å². The summed E-state index contributed by atoms with van der Waals surface area (Å²) in [6, 6.07) is 5.69. The van der Waals surface area contributed by atoms with Crippen molar-refractivity contribution < 1.29 is 14.6 Å². The fourth-order valence-corrected chi connectivity index (χ4v) is 0.630. The van der Waals surface area contributed by atoms with Gasteiger partial charge in [-0.25, -0.2) is 4.79 Å². The van der Waals surface area contributed by atoms with E-state index in [1.807, 2.05) is 0 Å². The number of nitrogens with two attached hydrogens (primary N) is 1. The third-order valence-electron chi connectivity index (χ3n) is 1.06. The molecule has 11 heavy (non-hydrogen) atoms. The first-order chi connectivity index (χ1) is 5.18. The van der Waals surface area contributed by atoms with Crippen molar-refractivity contribution in [3.05, 3.63) is 24.3 Å². The van der Waals surface area contributed by atoms with E-state index in [1.54, 1.807) is 0 Å². The molecule has 0 aromatic heterocycles. The van der Waals surface area contributed by atoms with Crippen LogP contribution in [0.4, 0.5) is 4.79 Å². The topological polar surface area (TPSA) is 72.6 Å². The van der Waals surface area contributed by atoms with Crippen LogP contribution in [0, 0.1) is 0 Å². The van der Waals surface area contributed by atoms with Crippen LogP contribution in [0.15, 0.2) is 24.3 Å². The molecule has 0 atom stereocenters. The van der Waals surface area contributed by atoms with Gasteiger partial charge in [0.05, 0.1) is 0 Å². The van der Waals surface area contributed by atoms with Gasteiger partial charge in [-0.15, -0.1) is 0 Å². The second-order valence-electron chi connectivity index (χ2n) is 1.91. The average molecular weight is 153 g/mol. The van der Waals surface area contributed by atoms with Crippen molar-refractivity contribution in [3.63, 3.8) is 0 Å². The number of phenolic OH excluding ortho intramolecular Hbond substituents is 1. The van der Waals surface area contributed by atoms with Crippen LogP contribution in [0.2, 0.25) is 0 Å². The Balaban J connectivity index is 2.74. The summed E-state index contributed by atoms with van der Waals surface area (Å²) in [5, 5.41) is 8.82. The molecule has 0 aliphatic carbocycles. The Morgan fingerprint density at radius 2 is 1.91 bits per heavy atom. The zero-order valence-electron chi connectivity index (χ0n) is 5.65. The predicted molar refractivity (Wildman–Crippen MR) is 38.3 cm³/mol. The molecule has 0 aliphatic heterocycles.